The van der Waals surface area contributed by atoms with Crippen LogP contribution in [0.4, 0.5) is 4.79 Å². The minimum Gasteiger partial charge on any atom is -0.497 e. The summed E-state index contributed by atoms with van der Waals surface area (Å²) in [5.41, 5.74) is -0.370. The lowest BCUT2D eigenvalue weighted by Crippen LogP contribution is -2.55. The molecule has 3 amide bonds. The first-order valence-corrected chi connectivity index (χ1v) is 13.5. The van der Waals surface area contributed by atoms with Gasteiger partial charge in [0.1, 0.15) is 24.1 Å². The van der Waals surface area contributed by atoms with Crippen LogP contribution in [-0.2, 0) is 25.6 Å². The summed E-state index contributed by atoms with van der Waals surface area (Å²) in [6.07, 6.45) is 7.70. The number of allylic oxidation sites excluding steroid dienone is 1. The van der Waals surface area contributed by atoms with E-state index in [0.29, 0.717) is 26.1 Å². The zero-order valence-electron chi connectivity index (χ0n) is 22.3. The Balaban J connectivity index is 1.58. The molecule has 4 atom stereocenters. The topological polar surface area (TPSA) is 118 Å². The second-order valence-corrected chi connectivity index (χ2v) is 10.2. The maximum atomic E-state index is 14.0. The minimum absolute atomic E-state index is 0.0685. The molecule has 1 saturated heterocycles. The van der Waals surface area contributed by atoms with Gasteiger partial charge in [-0.25, -0.2) is 9.59 Å². The summed E-state index contributed by atoms with van der Waals surface area (Å²) >= 11 is 0. The number of amides is 3. The maximum Gasteiger partial charge on any atom is 0.330 e. The van der Waals surface area contributed by atoms with E-state index < -0.39 is 29.6 Å². The molecule has 10 heteroatoms. The fourth-order valence-electron chi connectivity index (χ4n) is 5.25. The monoisotopic (exact) mass is 529 g/mol. The van der Waals surface area contributed by atoms with Gasteiger partial charge in [0, 0.05) is 38.6 Å². The van der Waals surface area contributed by atoms with E-state index in [9.17, 15) is 19.5 Å². The van der Waals surface area contributed by atoms with Crippen LogP contribution < -0.4 is 10.1 Å². The van der Waals surface area contributed by atoms with Crippen molar-refractivity contribution in [2.24, 2.45) is 5.92 Å². The first-order chi connectivity index (χ1) is 18.4. The predicted molar refractivity (Wildman–Crippen MR) is 140 cm³/mol. The molecule has 2 N–H and O–H groups in total. The van der Waals surface area contributed by atoms with Gasteiger partial charge in [-0.1, -0.05) is 30.7 Å². The fraction of sp³-hybridized carbons (Fsp3) is 0.607. The van der Waals surface area contributed by atoms with E-state index in [0.717, 1.165) is 37.0 Å². The van der Waals surface area contributed by atoms with Gasteiger partial charge in [-0.05, 0) is 50.3 Å². The van der Waals surface area contributed by atoms with Crippen molar-refractivity contribution >= 4 is 17.9 Å². The summed E-state index contributed by atoms with van der Waals surface area (Å²) in [5, 5.41) is 12.7. The van der Waals surface area contributed by atoms with E-state index in [2.05, 4.69) is 5.32 Å². The number of aliphatic carboxylic acids is 1. The molecule has 208 valence electrons. The average Bonchev–Trinajstić information content (AvgIpc) is 3.44. The van der Waals surface area contributed by atoms with Crippen LogP contribution in [0, 0.1) is 5.92 Å². The molecule has 0 spiro atoms. The van der Waals surface area contributed by atoms with Gasteiger partial charge in [0.25, 0.3) is 0 Å². The molecule has 0 radical (unpaired) electrons. The number of ether oxygens (including phenoxy) is 3. The quantitative estimate of drug-likeness (QED) is 0.302. The molecule has 3 aliphatic rings. The van der Waals surface area contributed by atoms with E-state index in [1.807, 2.05) is 43.3 Å². The Morgan fingerprint density at radius 2 is 1.97 bits per heavy atom. The van der Waals surface area contributed by atoms with E-state index in [-0.39, 0.29) is 31.7 Å². The summed E-state index contributed by atoms with van der Waals surface area (Å²) < 4.78 is 16.4. The van der Waals surface area contributed by atoms with Crippen molar-refractivity contribution in [1.29, 1.82) is 0 Å². The SMILES string of the molecule is CCOCO[C@@H]1C[C@H]2C(=O)N[C@]3(C(=O)O)C[C@H]3C=CCCCCCN(Cc3ccc(OC)cc3)C(=O)N2C1. The number of rotatable bonds is 8. The van der Waals surface area contributed by atoms with Gasteiger partial charge in [-0.3, -0.25) is 4.79 Å². The molecular formula is C28H39N3O7. The summed E-state index contributed by atoms with van der Waals surface area (Å²) in [4.78, 5) is 43.0. The maximum absolute atomic E-state index is 14.0. The first kappa shape index (κ1) is 27.9. The number of nitrogens with zero attached hydrogens (tertiary/aromatic N) is 2. The third-order valence-electron chi connectivity index (χ3n) is 7.62. The van der Waals surface area contributed by atoms with Crippen LogP contribution in [0.3, 0.4) is 0 Å². The Labute approximate surface area is 223 Å². The lowest BCUT2D eigenvalue weighted by atomic mass is 10.1. The largest absolute Gasteiger partial charge is 0.497 e. The van der Waals surface area contributed by atoms with Gasteiger partial charge in [-0.2, -0.15) is 0 Å². The number of fused-ring (bicyclic) bond motifs is 2. The van der Waals surface area contributed by atoms with Crippen molar-refractivity contribution in [2.75, 3.05) is 33.6 Å². The van der Waals surface area contributed by atoms with Crippen molar-refractivity contribution in [3.63, 3.8) is 0 Å². The predicted octanol–water partition coefficient (Wildman–Crippen LogP) is 3.16. The molecular weight excluding hydrogens is 490 g/mol. The summed E-state index contributed by atoms with van der Waals surface area (Å²) in [6.45, 7) is 3.59. The van der Waals surface area contributed by atoms with Crippen molar-refractivity contribution in [3.05, 3.63) is 42.0 Å². The number of carbonyl (C=O) groups is 3. The standard InChI is InChI=1S/C28H39N3O7/c1-3-37-19-38-23-15-24-25(32)29-28(26(33)34)16-21(28)9-7-5-4-6-8-14-30(27(35)31(24)18-23)17-20-10-12-22(36-2)13-11-20/h7,9-13,21,23-24H,3-6,8,14-19H2,1-2H3,(H,29,32)(H,33,34)/t21-,23-,24+,28-/m1/s1. The fourth-order valence-corrected chi connectivity index (χ4v) is 5.25. The van der Waals surface area contributed by atoms with Crippen LogP contribution >= 0.6 is 0 Å². The Morgan fingerprint density at radius 3 is 2.68 bits per heavy atom. The van der Waals surface area contributed by atoms with Crippen molar-refractivity contribution in [2.45, 2.75) is 69.7 Å². The number of methoxy groups -OCH3 is 1. The Bertz CT molecular complexity index is 1010. The average molecular weight is 530 g/mol. The summed E-state index contributed by atoms with van der Waals surface area (Å²) in [6, 6.07) is 6.49. The zero-order valence-corrected chi connectivity index (χ0v) is 22.3. The molecule has 4 rings (SSSR count). The molecule has 1 aliphatic carbocycles. The lowest BCUT2D eigenvalue weighted by molar-refractivity contribution is -0.144. The number of urea groups is 1. The highest BCUT2D eigenvalue weighted by atomic mass is 16.7. The Hall–Kier alpha value is -3.11. The molecule has 0 unspecified atom stereocenters. The molecule has 0 bridgehead atoms. The first-order valence-electron chi connectivity index (χ1n) is 13.5. The van der Waals surface area contributed by atoms with Gasteiger partial charge in [0.15, 0.2) is 0 Å². The van der Waals surface area contributed by atoms with Crippen molar-refractivity contribution < 1.29 is 33.7 Å². The lowest BCUT2D eigenvalue weighted by Gasteiger charge is -2.32. The van der Waals surface area contributed by atoms with Crippen LogP contribution in [0.15, 0.2) is 36.4 Å². The van der Waals surface area contributed by atoms with E-state index in [1.165, 1.54) is 4.90 Å². The highest BCUT2D eigenvalue weighted by molar-refractivity contribution is 5.94. The van der Waals surface area contributed by atoms with E-state index >= 15 is 0 Å². The number of carboxylic acid groups (broad SMARTS) is 1. The molecule has 38 heavy (non-hydrogen) atoms. The minimum atomic E-state index is -1.32. The van der Waals surface area contributed by atoms with Crippen LogP contribution in [0.5, 0.6) is 5.75 Å². The molecule has 2 aliphatic heterocycles. The number of hydrogen-bond donors (Lipinski definition) is 2. The molecule has 1 saturated carbocycles. The molecule has 10 nitrogen and oxygen atoms in total. The van der Waals surface area contributed by atoms with Crippen LogP contribution in [0.1, 0.15) is 51.0 Å². The number of carboxylic acids is 1. The van der Waals surface area contributed by atoms with Crippen molar-refractivity contribution in [1.82, 2.24) is 15.1 Å². The van der Waals surface area contributed by atoms with Crippen LogP contribution in [0.25, 0.3) is 0 Å². The van der Waals surface area contributed by atoms with E-state index in [4.69, 9.17) is 14.2 Å². The Morgan fingerprint density at radius 1 is 1.18 bits per heavy atom. The highest BCUT2D eigenvalue weighted by Gasteiger charge is 2.61. The molecule has 0 aromatic heterocycles. The van der Waals surface area contributed by atoms with Gasteiger partial charge < -0.3 is 34.4 Å². The molecule has 2 fully saturated rings. The second-order valence-electron chi connectivity index (χ2n) is 10.2. The third kappa shape index (κ3) is 6.47. The smallest absolute Gasteiger partial charge is 0.330 e. The van der Waals surface area contributed by atoms with Gasteiger partial charge in [0.05, 0.1) is 13.2 Å². The molecule has 2 heterocycles. The summed E-state index contributed by atoms with van der Waals surface area (Å²) in [7, 11) is 1.61. The highest BCUT2D eigenvalue weighted by Crippen LogP contribution is 2.45. The summed E-state index contributed by atoms with van der Waals surface area (Å²) in [5.74, 6) is -1.03. The number of hydrogen-bond acceptors (Lipinski definition) is 6. The second kappa shape index (κ2) is 12.6. The zero-order chi connectivity index (χ0) is 27.1. The molecule has 1 aromatic carbocycles. The van der Waals surface area contributed by atoms with Crippen LogP contribution in [0.2, 0.25) is 0 Å². The number of nitrogens with one attached hydrogen (secondary N) is 1. The van der Waals surface area contributed by atoms with Gasteiger partial charge >= 0.3 is 12.0 Å². The molecule has 1 aromatic rings. The van der Waals surface area contributed by atoms with Gasteiger partial charge in [-0.15, -0.1) is 0 Å². The van der Waals surface area contributed by atoms with Crippen molar-refractivity contribution in [3.8, 4) is 5.75 Å². The number of benzene rings is 1. The number of carbonyl (C=O) groups excluding carboxylic acids is 2. The van der Waals surface area contributed by atoms with Crippen LogP contribution in [-0.4, -0.2) is 84.1 Å². The van der Waals surface area contributed by atoms with E-state index in [1.54, 1.807) is 12.0 Å². The Kier molecular flexibility index (Phi) is 9.27. The van der Waals surface area contributed by atoms with Gasteiger partial charge in [0.2, 0.25) is 5.91 Å². The normalized spacial score (nSPS) is 28.1. The third-order valence-corrected chi connectivity index (χ3v) is 7.62.